The lowest BCUT2D eigenvalue weighted by molar-refractivity contribution is -0.384. The van der Waals surface area contributed by atoms with Crippen LogP contribution in [0.2, 0.25) is 0 Å². The van der Waals surface area contributed by atoms with Gasteiger partial charge in [0.25, 0.3) is 5.69 Å². The number of para-hydroxylation sites is 1. The van der Waals surface area contributed by atoms with Crippen LogP contribution < -0.4 is 0 Å². The standard InChI is InChI=1S/C21H13N3O2/c25-24(26)20-4-2-1-3-15(20)17-9-14-10-23-11-18(14)16-6-5-13-7-8-22-12-19(13)21(16)17/h1-12,22H. The van der Waals surface area contributed by atoms with Gasteiger partial charge in [0.05, 0.1) is 10.5 Å². The SMILES string of the molecule is O=[N+]([O-])c1ccccc1-c1cc2cncc2c2ccc3cc[nH]cc3c12. The molecule has 0 saturated heterocycles. The molecule has 5 rings (SSSR count). The minimum atomic E-state index is -0.328. The van der Waals surface area contributed by atoms with Crippen LogP contribution in [-0.2, 0) is 0 Å². The van der Waals surface area contributed by atoms with Gasteiger partial charge in [0.2, 0.25) is 0 Å². The summed E-state index contributed by atoms with van der Waals surface area (Å²) in [7, 11) is 0. The number of nitro benzene ring substituents is 1. The van der Waals surface area contributed by atoms with Gasteiger partial charge in [-0.15, -0.1) is 0 Å². The number of nitro groups is 1. The van der Waals surface area contributed by atoms with Gasteiger partial charge in [0.1, 0.15) is 0 Å². The molecule has 0 aliphatic rings. The summed E-state index contributed by atoms with van der Waals surface area (Å²) in [6.07, 6.45) is 7.47. The molecular formula is C21H13N3O2. The van der Waals surface area contributed by atoms with E-state index >= 15 is 0 Å². The first-order valence-corrected chi connectivity index (χ1v) is 8.24. The predicted molar refractivity (Wildman–Crippen MR) is 103 cm³/mol. The lowest BCUT2D eigenvalue weighted by Gasteiger charge is -2.12. The van der Waals surface area contributed by atoms with Crippen molar-refractivity contribution < 1.29 is 4.92 Å². The van der Waals surface area contributed by atoms with E-state index in [4.69, 9.17) is 0 Å². The number of pyridine rings is 1. The second kappa shape index (κ2) is 5.39. The number of nitrogens with zero attached hydrogens (tertiary/aromatic N) is 2. The summed E-state index contributed by atoms with van der Waals surface area (Å²) < 4.78 is 0. The Morgan fingerprint density at radius 2 is 1.77 bits per heavy atom. The summed E-state index contributed by atoms with van der Waals surface area (Å²) in [6, 6.07) is 15.0. The molecule has 124 valence electrons. The zero-order valence-electron chi connectivity index (χ0n) is 13.6. The van der Waals surface area contributed by atoms with Crippen LogP contribution in [0.4, 0.5) is 5.69 Å². The van der Waals surface area contributed by atoms with Crippen molar-refractivity contribution in [1.29, 1.82) is 0 Å². The van der Waals surface area contributed by atoms with Crippen LogP contribution in [0.15, 0.2) is 73.3 Å². The summed E-state index contributed by atoms with van der Waals surface area (Å²) in [5.41, 5.74) is 1.56. The molecule has 3 aromatic carbocycles. The van der Waals surface area contributed by atoms with E-state index in [0.29, 0.717) is 5.56 Å². The molecule has 0 spiro atoms. The predicted octanol–water partition coefficient (Wildman–Crippen LogP) is 5.44. The summed E-state index contributed by atoms with van der Waals surface area (Å²) in [5.74, 6) is 0. The molecule has 2 aromatic heterocycles. The molecule has 26 heavy (non-hydrogen) atoms. The average molecular weight is 339 g/mol. The summed E-state index contributed by atoms with van der Waals surface area (Å²) in [5, 5.41) is 17.8. The third kappa shape index (κ3) is 2.01. The minimum Gasteiger partial charge on any atom is -0.367 e. The van der Waals surface area contributed by atoms with Crippen molar-refractivity contribution in [3.63, 3.8) is 0 Å². The molecule has 1 N–H and O–H groups in total. The third-order valence-electron chi connectivity index (χ3n) is 4.84. The van der Waals surface area contributed by atoms with Gasteiger partial charge in [-0.3, -0.25) is 15.1 Å². The molecule has 0 atom stereocenters. The van der Waals surface area contributed by atoms with Crippen molar-refractivity contribution in [1.82, 2.24) is 9.97 Å². The second-order valence-electron chi connectivity index (χ2n) is 6.24. The molecule has 5 nitrogen and oxygen atoms in total. The maximum Gasteiger partial charge on any atom is 0.277 e. The van der Waals surface area contributed by atoms with Gasteiger partial charge in [-0.1, -0.05) is 24.3 Å². The Morgan fingerprint density at radius 1 is 0.885 bits per heavy atom. The molecule has 0 aliphatic carbocycles. The van der Waals surface area contributed by atoms with E-state index in [1.165, 1.54) is 0 Å². The van der Waals surface area contributed by atoms with E-state index in [9.17, 15) is 10.1 Å². The number of nitrogens with one attached hydrogen (secondary N) is 1. The third-order valence-corrected chi connectivity index (χ3v) is 4.84. The Bertz CT molecular complexity index is 1320. The lowest BCUT2D eigenvalue weighted by Crippen LogP contribution is -1.93. The van der Waals surface area contributed by atoms with Crippen molar-refractivity contribution in [3.8, 4) is 11.1 Å². The summed E-state index contributed by atoms with van der Waals surface area (Å²) in [6.45, 7) is 0. The second-order valence-corrected chi connectivity index (χ2v) is 6.24. The number of fused-ring (bicyclic) bond motifs is 5. The highest BCUT2D eigenvalue weighted by atomic mass is 16.6. The van der Waals surface area contributed by atoms with E-state index in [1.54, 1.807) is 24.4 Å². The number of rotatable bonds is 2. The van der Waals surface area contributed by atoms with Crippen molar-refractivity contribution in [3.05, 3.63) is 83.4 Å². The molecule has 0 radical (unpaired) electrons. The van der Waals surface area contributed by atoms with E-state index in [-0.39, 0.29) is 10.6 Å². The molecule has 5 heteroatoms. The fourth-order valence-electron chi connectivity index (χ4n) is 3.70. The maximum atomic E-state index is 11.6. The Morgan fingerprint density at radius 3 is 2.65 bits per heavy atom. The summed E-state index contributed by atoms with van der Waals surface area (Å²) >= 11 is 0. The van der Waals surface area contributed by atoms with E-state index in [2.05, 4.69) is 22.1 Å². The zero-order chi connectivity index (χ0) is 17.7. The van der Waals surface area contributed by atoms with Gasteiger partial charge >= 0.3 is 0 Å². The van der Waals surface area contributed by atoms with Crippen LogP contribution >= 0.6 is 0 Å². The van der Waals surface area contributed by atoms with Gasteiger partial charge in [0.15, 0.2) is 0 Å². The highest BCUT2D eigenvalue weighted by Crippen LogP contribution is 2.41. The van der Waals surface area contributed by atoms with Crippen molar-refractivity contribution in [2.75, 3.05) is 0 Å². The number of hydrogen-bond donors (Lipinski definition) is 1. The van der Waals surface area contributed by atoms with Crippen molar-refractivity contribution >= 4 is 38.0 Å². The first-order chi connectivity index (χ1) is 12.7. The van der Waals surface area contributed by atoms with Crippen LogP contribution in [0, 0.1) is 10.1 Å². The summed E-state index contributed by atoms with van der Waals surface area (Å²) in [4.78, 5) is 18.7. The minimum absolute atomic E-state index is 0.101. The van der Waals surface area contributed by atoms with Crippen molar-refractivity contribution in [2.24, 2.45) is 0 Å². The van der Waals surface area contributed by atoms with Crippen LogP contribution in [0.3, 0.4) is 0 Å². The number of aromatic nitrogens is 2. The zero-order valence-corrected chi connectivity index (χ0v) is 13.6. The molecule has 5 aromatic rings. The molecule has 2 heterocycles. The van der Waals surface area contributed by atoms with Gasteiger partial charge < -0.3 is 4.98 Å². The normalized spacial score (nSPS) is 11.4. The molecule has 0 aliphatic heterocycles. The first-order valence-electron chi connectivity index (χ1n) is 8.24. The smallest absolute Gasteiger partial charge is 0.277 e. The Hall–Kier alpha value is -3.73. The number of aromatic amines is 1. The van der Waals surface area contributed by atoms with E-state index in [0.717, 1.165) is 37.9 Å². The topological polar surface area (TPSA) is 71.8 Å². The largest absolute Gasteiger partial charge is 0.367 e. The number of H-pyrrole nitrogens is 1. The molecule has 0 saturated carbocycles. The fourth-order valence-corrected chi connectivity index (χ4v) is 3.70. The van der Waals surface area contributed by atoms with E-state index < -0.39 is 0 Å². The van der Waals surface area contributed by atoms with Crippen molar-refractivity contribution in [2.45, 2.75) is 0 Å². The highest BCUT2D eigenvalue weighted by molar-refractivity contribution is 6.23. The number of benzene rings is 3. The first kappa shape index (κ1) is 14.6. The molecule has 0 bridgehead atoms. The highest BCUT2D eigenvalue weighted by Gasteiger charge is 2.19. The number of hydrogen-bond acceptors (Lipinski definition) is 3. The maximum absolute atomic E-state index is 11.6. The quantitative estimate of drug-likeness (QED) is 0.264. The Kier molecular flexibility index (Phi) is 3.03. The monoisotopic (exact) mass is 339 g/mol. The molecular weight excluding hydrogens is 326 g/mol. The van der Waals surface area contributed by atoms with Gasteiger partial charge in [-0.25, -0.2) is 0 Å². The van der Waals surface area contributed by atoms with Gasteiger partial charge in [-0.05, 0) is 39.9 Å². The van der Waals surface area contributed by atoms with Gasteiger partial charge in [0, 0.05) is 47.0 Å². The molecule has 0 unspecified atom stereocenters. The molecule has 0 fully saturated rings. The molecule has 0 amide bonds. The van der Waals surface area contributed by atoms with Crippen LogP contribution in [0.25, 0.3) is 43.4 Å². The van der Waals surface area contributed by atoms with Crippen LogP contribution in [-0.4, -0.2) is 14.9 Å². The Labute approximate surface area is 148 Å². The van der Waals surface area contributed by atoms with Crippen LogP contribution in [0.1, 0.15) is 0 Å². The lowest BCUT2D eigenvalue weighted by atomic mass is 9.91. The van der Waals surface area contributed by atoms with Crippen LogP contribution in [0.5, 0.6) is 0 Å². The average Bonchev–Trinajstić information content (AvgIpc) is 3.15. The van der Waals surface area contributed by atoms with Gasteiger partial charge in [-0.2, -0.15) is 0 Å². The van der Waals surface area contributed by atoms with E-state index in [1.807, 2.05) is 36.8 Å². The Balaban J connectivity index is 2.04. The fraction of sp³-hybridized carbons (Fsp3) is 0.